The SMILES string of the molecule is NCC1CN(c2nc3ccccn3n2)CCO1. The van der Waals surface area contributed by atoms with E-state index in [9.17, 15) is 0 Å². The molecule has 1 saturated heterocycles. The molecule has 0 amide bonds. The van der Waals surface area contributed by atoms with Crippen LogP contribution in [0.25, 0.3) is 5.65 Å². The Bertz CT molecular complexity index is 478. The van der Waals surface area contributed by atoms with Gasteiger partial charge in [0.25, 0.3) is 0 Å². The summed E-state index contributed by atoms with van der Waals surface area (Å²) >= 11 is 0. The fourth-order valence-corrected chi connectivity index (χ4v) is 2.00. The van der Waals surface area contributed by atoms with Crippen LogP contribution in [0, 0.1) is 0 Å². The van der Waals surface area contributed by atoms with Gasteiger partial charge in [-0.2, -0.15) is 4.98 Å². The van der Waals surface area contributed by atoms with Crippen LogP contribution in [0.15, 0.2) is 24.4 Å². The molecule has 17 heavy (non-hydrogen) atoms. The number of rotatable bonds is 2. The van der Waals surface area contributed by atoms with E-state index in [0.29, 0.717) is 13.2 Å². The second-order valence-corrected chi connectivity index (χ2v) is 4.09. The van der Waals surface area contributed by atoms with E-state index in [-0.39, 0.29) is 6.10 Å². The summed E-state index contributed by atoms with van der Waals surface area (Å²) in [7, 11) is 0. The molecule has 1 unspecified atom stereocenters. The Morgan fingerprint density at radius 1 is 1.47 bits per heavy atom. The molecule has 2 aromatic rings. The zero-order valence-electron chi connectivity index (χ0n) is 9.49. The molecule has 3 heterocycles. The molecule has 0 bridgehead atoms. The van der Waals surface area contributed by atoms with E-state index in [1.807, 2.05) is 24.4 Å². The second kappa shape index (κ2) is 4.31. The Labute approximate surface area is 99.0 Å². The average Bonchev–Trinajstić information content (AvgIpc) is 2.82. The van der Waals surface area contributed by atoms with Crippen LogP contribution in [0.2, 0.25) is 0 Å². The van der Waals surface area contributed by atoms with Gasteiger partial charge in [-0.3, -0.25) is 0 Å². The van der Waals surface area contributed by atoms with Crippen molar-refractivity contribution in [2.75, 3.05) is 31.1 Å². The maximum atomic E-state index is 5.62. The molecule has 0 aromatic carbocycles. The van der Waals surface area contributed by atoms with Crippen molar-refractivity contribution in [1.29, 1.82) is 0 Å². The molecule has 6 heteroatoms. The molecule has 1 aliphatic rings. The van der Waals surface area contributed by atoms with Gasteiger partial charge in [-0.05, 0) is 12.1 Å². The summed E-state index contributed by atoms with van der Waals surface area (Å²) in [4.78, 5) is 6.61. The molecule has 2 aromatic heterocycles. The highest BCUT2D eigenvalue weighted by Gasteiger charge is 2.22. The predicted octanol–water partition coefficient (Wildman–Crippen LogP) is -0.107. The van der Waals surface area contributed by atoms with E-state index in [1.165, 1.54) is 0 Å². The highest BCUT2D eigenvalue weighted by Crippen LogP contribution is 2.14. The lowest BCUT2D eigenvalue weighted by atomic mass is 10.3. The minimum absolute atomic E-state index is 0.0790. The number of pyridine rings is 1. The lowest BCUT2D eigenvalue weighted by molar-refractivity contribution is 0.0460. The van der Waals surface area contributed by atoms with Gasteiger partial charge in [0.1, 0.15) is 0 Å². The summed E-state index contributed by atoms with van der Waals surface area (Å²) in [5.41, 5.74) is 6.48. The van der Waals surface area contributed by atoms with Gasteiger partial charge in [0.2, 0.25) is 5.95 Å². The van der Waals surface area contributed by atoms with Gasteiger partial charge in [0.05, 0.1) is 12.7 Å². The number of aromatic nitrogens is 3. The van der Waals surface area contributed by atoms with Crippen molar-refractivity contribution in [3.63, 3.8) is 0 Å². The average molecular weight is 233 g/mol. The predicted molar refractivity (Wildman–Crippen MR) is 64.0 cm³/mol. The molecule has 0 radical (unpaired) electrons. The minimum atomic E-state index is 0.0790. The molecule has 1 aliphatic heterocycles. The molecule has 1 atom stereocenters. The molecule has 6 nitrogen and oxygen atoms in total. The summed E-state index contributed by atoms with van der Waals surface area (Å²) in [6.07, 6.45) is 1.97. The lowest BCUT2D eigenvalue weighted by Gasteiger charge is -2.31. The Morgan fingerprint density at radius 3 is 3.24 bits per heavy atom. The van der Waals surface area contributed by atoms with Crippen molar-refractivity contribution < 1.29 is 4.74 Å². The zero-order chi connectivity index (χ0) is 11.7. The number of nitrogens with zero attached hydrogens (tertiary/aromatic N) is 4. The van der Waals surface area contributed by atoms with Gasteiger partial charge >= 0.3 is 0 Å². The van der Waals surface area contributed by atoms with Gasteiger partial charge in [-0.25, -0.2) is 4.52 Å². The number of hydrogen-bond acceptors (Lipinski definition) is 5. The summed E-state index contributed by atoms with van der Waals surface area (Å²) < 4.78 is 7.30. The van der Waals surface area contributed by atoms with Gasteiger partial charge in [0, 0.05) is 25.8 Å². The number of fused-ring (bicyclic) bond motifs is 1. The van der Waals surface area contributed by atoms with E-state index in [2.05, 4.69) is 15.0 Å². The Hall–Kier alpha value is -1.66. The number of hydrogen-bond donors (Lipinski definition) is 1. The fourth-order valence-electron chi connectivity index (χ4n) is 2.00. The molecule has 3 rings (SSSR count). The van der Waals surface area contributed by atoms with Crippen molar-refractivity contribution in [3.05, 3.63) is 24.4 Å². The standard InChI is InChI=1S/C11H15N5O/c12-7-9-8-15(5-6-17-9)11-13-10-3-1-2-4-16(10)14-11/h1-4,9H,5-8,12H2. The van der Waals surface area contributed by atoms with E-state index in [0.717, 1.165) is 24.7 Å². The van der Waals surface area contributed by atoms with Crippen LogP contribution >= 0.6 is 0 Å². The van der Waals surface area contributed by atoms with Gasteiger partial charge in [-0.1, -0.05) is 6.07 Å². The first-order chi connectivity index (χ1) is 8.36. The molecule has 0 aliphatic carbocycles. The number of morpholine rings is 1. The number of nitrogens with two attached hydrogens (primary N) is 1. The van der Waals surface area contributed by atoms with Crippen LogP contribution in [-0.4, -0.2) is 46.9 Å². The molecule has 2 N–H and O–H groups in total. The van der Waals surface area contributed by atoms with Gasteiger partial charge in [-0.15, -0.1) is 5.10 Å². The van der Waals surface area contributed by atoms with Crippen LogP contribution < -0.4 is 10.6 Å². The van der Waals surface area contributed by atoms with Crippen LogP contribution in [0.5, 0.6) is 0 Å². The van der Waals surface area contributed by atoms with Crippen molar-refractivity contribution in [3.8, 4) is 0 Å². The maximum Gasteiger partial charge on any atom is 0.245 e. The third-order valence-electron chi connectivity index (χ3n) is 2.91. The number of ether oxygens (including phenoxy) is 1. The van der Waals surface area contributed by atoms with Gasteiger partial charge < -0.3 is 15.4 Å². The Kier molecular flexibility index (Phi) is 2.66. The highest BCUT2D eigenvalue weighted by atomic mass is 16.5. The first-order valence-corrected chi connectivity index (χ1v) is 5.75. The molecule has 90 valence electrons. The lowest BCUT2D eigenvalue weighted by Crippen LogP contribution is -2.46. The molecular formula is C11H15N5O. The smallest absolute Gasteiger partial charge is 0.245 e. The third kappa shape index (κ3) is 1.96. The van der Waals surface area contributed by atoms with Crippen LogP contribution in [0.1, 0.15) is 0 Å². The normalized spacial score (nSPS) is 21.0. The Morgan fingerprint density at radius 2 is 2.41 bits per heavy atom. The van der Waals surface area contributed by atoms with Crippen LogP contribution in [-0.2, 0) is 4.74 Å². The van der Waals surface area contributed by atoms with Crippen molar-refractivity contribution >= 4 is 11.6 Å². The topological polar surface area (TPSA) is 68.7 Å². The highest BCUT2D eigenvalue weighted by molar-refractivity contribution is 5.44. The molecule has 0 saturated carbocycles. The van der Waals surface area contributed by atoms with E-state index in [1.54, 1.807) is 4.52 Å². The summed E-state index contributed by atoms with van der Waals surface area (Å²) in [6, 6.07) is 5.83. The fraction of sp³-hybridized carbons (Fsp3) is 0.455. The second-order valence-electron chi connectivity index (χ2n) is 4.09. The van der Waals surface area contributed by atoms with E-state index >= 15 is 0 Å². The maximum absolute atomic E-state index is 5.62. The Balaban J connectivity index is 1.87. The molecule has 1 fully saturated rings. The first-order valence-electron chi connectivity index (χ1n) is 5.75. The molecular weight excluding hydrogens is 218 g/mol. The van der Waals surface area contributed by atoms with E-state index in [4.69, 9.17) is 10.5 Å². The van der Waals surface area contributed by atoms with Crippen molar-refractivity contribution in [1.82, 2.24) is 14.6 Å². The van der Waals surface area contributed by atoms with Gasteiger partial charge in [0.15, 0.2) is 5.65 Å². The zero-order valence-corrected chi connectivity index (χ0v) is 9.49. The van der Waals surface area contributed by atoms with Crippen LogP contribution in [0.4, 0.5) is 5.95 Å². The summed E-state index contributed by atoms with van der Waals surface area (Å²) in [5.74, 6) is 0.748. The first kappa shape index (κ1) is 10.5. The monoisotopic (exact) mass is 233 g/mol. The summed E-state index contributed by atoms with van der Waals surface area (Å²) in [6.45, 7) is 2.78. The number of anilines is 1. The quantitative estimate of drug-likeness (QED) is 0.784. The minimum Gasteiger partial charge on any atom is -0.373 e. The van der Waals surface area contributed by atoms with Crippen molar-refractivity contribution in [2.45, 2.75) is 6.10 Å². The molecule has 0 spiro atoms. The van der Waals surface area contributed by atoms with Crippen LogP contribution in [0.3, 0.4) is 0 Å². The van der Waals surface area contributed by atoms with E-state index < -0.39 is 0 Å². The van der Waals surface area contributed by atoms with Crippen molar-refractivity contribution in [2.24, 2.45) is 5.73 Å². The third-order valence-corrected chi connectivity index (χ3v) is 2.91. The largest absolute Gasteiger partial charge is 0.373 e. The summed E-state index contributed by atoms with van der Waals surface area (Å²) in [5, 5.41) is 4.44.